The second-order valence-electron chi connectivity index (χ2n) is 11.4. The molecule has 0 bridgehead atoms. The highest BCUT2D eigenvalue weighted by Gasteiger charge is 2.58. The minimum atomic E-state index is -4.65. The van der Waals surface area contributed by atoms with Crippen LogP contribution in [0.4, 0.5) is 5.69 Å². The summed E-state index contributed by atoms with van der Waals surface area (Å²) in [6, 6.07) is 16.2. The van der Waals surface area contributed by atoms with Gasteiger partial charge >= 0.3 is 7.82 Å². The van der Waals surface area contributed by atoms with Crippen LogP contribution in [0.15, 0.2) is 60.8 Å². The number of phosphoric ester groups is 1. The largest absolute Gasteiger partial charge is 0.471 e. The molecule has 43 heavy (non-hydrogen) atoms. The van der Waals surface area contributed by atoms with E-state index < -0.39 is 13.9 Å². The highest BCUT2D eigenvalue weighted by atomic mass is 31.2. The summed E-state index contributed by atoms with van der Waals surface area (Å²) in [6.45, 7) is 3.20. The average molecular weight is 605 g/mol. The lowest BCUT2D eigenvalue weighted by Gasteiger charge is -2.29. The van der Waals surface area contributed by atoms with Crippen molar-refractivity contribution >= 4 is 25.3 Å². The first-order valence-electron chi connectivity index (χ1n) is 14.0. The fraction of sp³-hybridized carbons (Fsp3) is 0.333. The minimum absolute atomic E-state index is 0.0476. The lowest BCUT2D eigenvalue weighted by atomic mass is 9.82. The zero-order valence-electron chi connectivity index (χ0n) is 24.0. The van der Waals surface area contributed by atoms with E-state index in [9.17, 15) is 14.2 Å². The molecular formula is C30H33N6O6P. The Morgan fingerprint density at radius 1 is 1.12 bits per heavy atom. The highest BCUT2D eigenvalue weighted by Crippen LogP contribution is 2.64. The van der Waals surface area contributed by atoms with E-state index in [2.05, 4.69) is 37.5 Å². The van der Waals surface area contributed by atoms with Crippen LogP contribution in [0.1, 0.15) is 51.8 Å². The van der Waals surface area contributed by atoms with Crippen LogP contribution in [0.5, 0.6) is 0 Å². The summed E-state index contributed by atoms with van der Waals surface area (Å²) < 4.78 is 18.6. The van der Waals surface area contributed by atoms with Crippen LogP contribution in [-0.2, 0) is 34.1 Å². The Balaban J connectivity index is 1.26. The number of amides is 2. The van der Waals surface area contributed by atoms with Gasteiger partial charge in [-0.25, -0.2) is 9.25 Å². The summed E-state index contributed by atoms with van der Waals surface area (Å²) in [5, 5.41) is 14.5. The molecule has 2 aliphatic carbocycles. The number of anilines is 1. The van der Waals surface area contributed by atoms with Crippen LogP contribution in [0.25, 0.3) is 11.1 Å². The zero-order valence-corrected chi connectivity index (χ0v) is 24.9. The maximum absolute atomic E-state index is 14.0. The molecule has 2 aliphatic rings. The van der Waals surface area contributed by atoms with Crippen LogP contribution in [0, 0.1) is 19.3 Å². The zero-order chi connectivity index (χ0) is 30.5. The minimum Gasteiger partial charge on any atom is -0.338 e. The van der Waals surface area contributed by atoms with Gasteiger partial charge < -0.3 is 20.4 Å². The molecule has 2 atom stereocenters. The van der Waals surface area contributed by atoms with Crippen molar-refractivity contribution in [2.24, 2.45) is 12.5 Å². The van der Waals surface area contributed by atoms with Crippen molar-refractivity contribution in [2.75, 3.05) is 5.32 Å². The summed E-state index contributed by atoms with van der Waals surface area (Å²) in [5.74, 6) is -0.820. The number of aryl methyl sites for hydroxylation is 2. The molecule has 1 fully saturated rings. The van der Waals surface area contributed by atoms with E-state index in [1.54, 1.807) is 45.3 Å². The normalized spacial score (nSPS) is 17.5. The van der Waals surface area contributed by atoms with Crippen molar-refractivity contribution in [2.45, 2.75) is 51.8 Å². The van der Waals surface area contributed by atoms with E-state index >= 15 is 0 Å². The molecule has 1 saturated carbocycles. The van der Waals surface area contributed by atoms with Crippen molar-refractivity contribution in [3.05, 3.63) is 89.0 Å². The number of nitrogens with one attached hydrogen (secondary N) is 2. The van der Waals surface area contributed by atoms with Crippen LogP contribution < -0.4 is 10.6 Å². The number of fused-ring (bicyclic) bond motifs is 1. The Morgan fingerprint density at radius 3 is 2.49 bits per heavy atom. The van der Waals surface area contributed by atoms with Crippen LogP contribution in [0.3, 0.4) is 0 Å². The Morgan fingerprint density at radius 2 is 1.84 bits per heavy atom. The molecule has 6 rings (SSSR count). The first-order chi connectivity index (χ1) is 20.5. The van der Waals surface area contributed by atoms with E-state index in [4.69, 9.17) is 9.79 Å². The number of phosphoric acid groups is 1. The topological polar surface area (TPSA) is 161 Å². The van der Waals surface area contributed by atoms with Gasteiger partial charge in [0.2, 0.25) is 5.91 Å². The van der Waals surface area contributed by atoms with Crippen molar-refractivity contribution in [1.29, 1.82) is 0 Å². The third kappa shape index (κ3) is 5.66. The first kappa shape index (κ1) is 29.0. The summed E-state index contributed by atoms with van der Waals surface area (Å²) in [4.78, 5) is 45.4. The van der Waals surface area contributed by atoms with Crippen molar-refractivity contribution in [3.63, 3.8) is 0 Å². The van der Waals surface area contributed by atoms with Gasteiger partial charge in [-0.05, 0) is 73.4 Å². The standard InChI is InChI=1S/C30H33N6O6P/c1-18-25(19(2)36(34-18)17-42-43(39,40)41)20-8-10-22(11-9-20)32-29(38)27(33-28(37)24-12-15-31-35(24)3)26-23-7-5-4-6-21(23)16-30(26)13-14-30/h4-12,15,26-27H,13-14,16-17H2,1-3H3,(H,32,38)(H,33,37)(H2,39,40,41)/t26?,27-/m0/s1. The molecule has 224 valence electrons. The molecule has 13 heteroatoms. The highest BCUT2D eigenvalue weighted by molar-refractivity contribution is 7.46. The fourth-order valence-corrected chi connectivity index (χ4v) is 6.68. The van der Waals surface area contributed by atoms with Crippen molar-refractivity contribution in [3.8, 4) is 11.1 Å². The Labute approximate surface area is 248 Å². The number of hydrogen-bond donors (Lipinski definition) is 4. The van der Waals surface area contributed by atoms with E-state index in [0.29, 0.717) is 22.8 Å². The molecular weight excluding hydrogens is 571 g/mol. The molecule has 0 radical (unpaired) electrons. The maximum Gasteiger partial charge on any atom is 0.471 e. The second kappa shape index (κ2) is 10.9. The summed E-state index contributed by atoms with van der Waals surface area (Å²) in [7, 11) is -2.95. The van der Waals surface area contributed by atoms with Gasteiger partial charge in [0, 0.05) is 36.1 Å². The monoisotopic (exact) mass is 604 g/mol. The predicted molar refractivity (Wildman–Crippen MR) is 158 cm³/mol. The Kier molecular flexibility index (Phi) is 7.34. The summed E-state index contributed by atoms with van der Waals surface area (Å²) >= 11 is 0. The lowest BCUT2D eigenvalue weighted by Crippen LogP contribution is -2.49. The number of hydrogen-bond acceptors (Lipinski definition) is 6. The number of benzene rings is 2. The average Bonchev–Trinajstić information content (AvgIpc) is 3.32. The smallest absolute Gasteiger partial charge is 0.338 e. The lowest BCUT2D eigenvalue weighted by molar-refractivity contribution is -0.118. The number of aromatic nitrogens is 4. The van der Waals surface area contributed by atoms with Crippen LogP contribution >= 0.6 is 7.82 Å². The fourth-order valence-electron chi connectivity index (χ4n) is 6.42. The Hall–Kier alpha value is -4.09. The van der Waals surface area contributed by atoms with Gasteiger partial charge in [0.25, 0.3) is 5.91 Å². The Bertz CT molecular complexity index is 1750. The van der Waals surface area contributed by atoms with Gasteiger partial charge in [0.15, 0.2) is 6.73 Å². The number of rotatable bonds is 9. The van der Waals surface area contributed by atoms with Gasteiger partial charge in [0.1, 0.15) is 11.7 Å². The van der Waals surface area contributed by atoms with Crippen LogP contribution in [-0.4, -0.2) is 47.2 Å². The molecule has 1 unspecified atom stereocenters. The molecule has 4 N–H and O–H groups in total. The SMILES string of the molecule is Cc1nn(COP(=O)(O)O)c(C)c1-c1ccc(NC(=O)[C@@H](NC(=O)c2ccnn2C)C2c3ccccc3CC23CC3)cc1. The van der Waals surface area contributed by atoms with E-state index in [0.717, 1.165) is 36.0 Å². The van der Waals surface area contributed by atoms with Gasteiger partial charge in [-0.3, -0.25) is 18.8 Å². The summed E-state index contributed by atoms with van der Waals surface area (Å²) in [5.41, 5.74) is 6.17. The molecule has 2 aromatic heterocycles. The number of carbonyl (C=O) groups is 2. The molecule has 0 saturated heterocycles. The maximum atomic E-state index is 14.0. The van der Waals surface area contributed by atoms with E-state index in [1.807, 2.05) is 24.3 Å². The first-order valence-corrected chi connectivity index (χ1v) is 15.5. The van der Waals surface area contributed by atoms with Gasteiger partial charge in [-0.1, -0.05) is 36.4 Å². The molecule has 1 spiro atoms. The van der Waals surface area contributed by atoms with E-state index in [1.165, 1.54) is 14.9 Å². The van der Waals surface area contributed by atoms with E-state index in [-0.39, 0.29) is 29.9 Å². The molecule has 12 nitrogen and oxygen atoms in total. The molecule has 2 heterocycles. The number of carbonyl (C=O) groups excluding carboxylic acids is 2. The van der Waals surface area contributed by atoms with Gasteiger partial charge in [0.05, 0.1) is 5.69 Å². The van der Waals surface area contributed by atoms with Crippen molar-refractivity contribution in [1.82, 2.24) is 24.9 Å². The third-order valence-corrected chi connectivity index (χ3v) is 9.06. The molecule has 2 aromatic carbocycles. The summed E-state index contributed by atoms with van der Waals surface area (Å²) in [6.07, 6.45) is 4.44. The van der Waals surface area contributed by atoms with Crippen molar-refractivity contribution < 1.29 is 28.5 Å². The third-order valence-electron chi connectivity index (χ3n) is 8.61. The molecule has 4 aromatic rings. The van der Waals surface area contributed by atoms with Crippen LogP contribution in [0.2, 0.25) is 0 Å². The van der Waals surface area contributed by atoms with Gasteiger partial charge in [-0.15, -0.1) is 0 Å². The predicted octanol–water partition coefficient (Wildman–Crippen LogP) is 3.82. The number of nitrogens with zero attached hydrogens (tertiary/aromatic N) is 4. The quantitative estimate of drug-likeness (QED) is 0.210. The van der Waals surface area contributed by atoms with Gasteiger partial charge in [-0.2, -0.15) is 10.2 Å². The second-order valence-corrected chi connectivity index (χ2v) is 12.6. The molecule has 0 aliphatic heterocycles. The molecule has 2 amide bonds.